The number of hydrogen-bond donors (Lipinski definition) is 2. The van der Waals surface area contributed by atoms with Crippen molar-refractivity contribution >= 4 is 50.7 Å². The van der Waals surface area contributed by atoms with Gasteiger partial charge in [0.05, 0.1) is 10.7 Å². The zero-order valence-electron chi connectivity index (χ0n) is 10.7. The minimum atomic E-state index is -3.72. The summed E-state index contributed by atoms with van der Waals surface area (Å²) >= 11 is 13.5. The number of nitrogens with two attached hydrogens (primary N) is 1. The molecule has 1 aromatic carbocycles. The van der Waals surface area contributed by atoms with Gasteiger partial charge in [-0.25, -0.2) is 13.1 Å². The molecule has 8 heteroatoms. The Balaban J connectivity index is 2.14. The molecule has 1 atom stereocenters. The number of halogens is 2. The second-order valence-corrected chi connectivity index (χ2v) is 8.60. The van der Waals surface area contributed by atoms with Gasteiger partial charge in [-0.15, -0.1) is 0 Å². The lowest BCUT2D eigenvalue weighted by atomic mass is 10.2. The molecular weight excluding hydrogens is 339 g/mol. The van der Waals surface area contributed by atoms with Crippen molar-refractivity contribution < 1.29 is 8.42 Å². The lowest BCUT2D eigenvalue weighted by Gasteiger charge is -2.21. The van der Waals surface area contributed by atoms with E-state index in [1.165, 1.54) is 18.6 Å². The van der Waals surface area contributed by atoms with Gasteiger partial charge >= 0.3 is 0 Å². The Bertz CT molecular complexity index is 564. The second kappa shape index (κ2) is 6.75. The molecule has 20 heavy (non-hydrogen) atoms. The van der Waals surface area contributed by atoms with Gasteiger partial charge in [-0.05, 0) is 30.7 Å². The van der Waals surface area contributed by atoms with Crippen molar-refractivity contribution in [3.8, 4) is 0 Å². The summed E-state index contributed by atoms with van der Waals surface area (Å²) in [6.07, 6.45) is 3.37. The lowest BCUT2D eigenvalue weighted by Crippen LogP contribution is -2.32. The molecule has 2 rings (SSSR count). The molecule has 0 amide bonds. The molecule has 1 aliphatic heterocycles. The Morgan fingerprint density at radius 3 is 2.70 bits per heavy atom. The molecule has 0 aliphatic carbocycles. The molecule has 1 aliphatic rings. The van der Waals surface area contributed by atoms with Crippen LogP contribution in [0.1, 0.15) is 19.3 Å². The second-order valence-electron chi connectivity index (χ2n) is 4.65. The predicted octanol–water partition coefficient (Wildman–Crippen LogP) is 3.14. The third-order valence-corrected chi connectivity index (χ3v) is 6.65. The van der Waals surface area contributed by atoms with Gasteiger partial charge in [-0.3, -0.25) is 0 Å². The van der Waals surface area contributed by atoms with E-state index >= 15 is 0 Å². The number of thioether (sulfide) groups is 1. The first-order chi connectivity index (χ1) is 9.40. The van der Waals surface area contributed by atoms with Gasteiger partial charge in [-0.1, -0.05) is 29.6 Å². The van der Waals surface area contributed by atoms with E-state index in [4.69, 9.17) is 28.9 Å². The molecule has 4 nitrogen and oxygen atoms in total. The van der Waals surface area contributed by atoms with Crippen LogP contribution in [0.15, 0.2) is 17.0 Å². The number of benzene rings is 1. The van der Waals surface area contributed by atoms with Crippen molar-refractivity contribution in [3.05, 3.63) is 22.2 Å². The maximum absolute atomic E-state index is 12.3. The minimum Gasteiger partial charge on any atom is -0.398 e. The molecule has 0 bridgehead atoms. The quantitative estimate of drug-likeness (QED) is 0.814. The predicted molar refractivity (Wildman–Crippen MR) is 86.2 cm³/mol. The van der Waals surface area contributed by atoms with Crippen LogP contribution in [0.3, 0.4) is 0 Å². The van der Waals surface area contributed by atoms with E-state index in [2.05, 4.69) is 4.72 Å². The smallest absolute Gasteiger partial charge is 0.244 e. The van der Waals surface area contributed by atoms with Crippen molar-refractivity contribution in [2.45, 2.75) is 29.4 Å². The molecular formula is C12H16Cl2N2O2S2. The summed E-state index contributed by atoms with van der Waals surface area (Å²) in [7, 11) is -3.72. The molecule has 1 unspecified atom stereocenters. The molecule has 3 N–H and O–H groups in total. The molecule has 1 saturated heterocycles. The van der Waals surface area contributed by atoms with Crippen LogP contribution >= 0.6 is 35.0 Å². The standard InChI is InChI=1S/C12H16Cl2N2O2S2/c13-8-5-10(14)12(11(15)6-8)20(17,18)16-7-9-3-1-2-4-19-9/h5-6,9,16H,1-4,7,15H2. The van der Waals surface area contributed by atoms with Crippen molar-refractivity contribution in [1.29, 1.82) is 0 Å². The van der Waals surface area contributed by atoms with Crippen molar-refractivity contribution in [1.82, 2.24) is 4.72 Å². The molecule has 0 radical (unpaired) electrons. The van der Waals surface area contributed by atoms with Crippen LogP contribution in [0, 0.1) is 0 Å². The van der Waals surface area contributed by atoms with Crippen LogP contribution < -0.4 is 10.5 Å². The van der Waals surface area contributed by atoms with E-state index in [0.29, 0.717) is 16.8 Å². The third kappa shape index (κ3) is 3.95. The summed E-state index contributed by atoms with van der Waals surface area (Å²) in [6, 6.07) is 2.76. The SMILES string of the molecule is Nc1cc(Cl)cc(Cl)c1S(=O)(=O)NCC1CCCCS1. The van der Waals surface area contributed by atoms with Crippen LogP contribution in [-0.4, -0.2) is 26.0 Å². The zero-order valence-corrected chi connectivity index (χ0v) is 13.9. The molecule has 0 spiro atoms. The monoisotopic (exact) mass is 354 g/mol. The Hall–Kier alpha value is -0.140. The number of nitrogen functional groups attached to an aromatic ring is 1. The van der Waals surface area contributed by atoms with Gasteiger partial charge < -0.3 is 5.73 Å². The van der Waals surface area contributed by atoms with Gasteiger partial charge in [0.25, 0.3) is 0 Å². The number of hydrogen-bond acceptors (Lipinski definition) is 4. The summed E-state index contributed by atoms with van der Waals surface area (Å²) in [4.78, 5) is -0.0932. The fourth-order valence-electron chi connectivity index (χ4n) is 2.11. The van der Waals surface area contributed by atoms with Gasteiger partial charge in [0.15, 0.2) is 0 Å². The Labute approximate surface area is 133 Å². The van der Waals surface area contributed by atoms with Gasteiger partial charge in [0.1, 0.15) is 4.90 Å². The zero-order chi connectivity index (χ0) is 14.8. The molecule has 112 valence electrons. The Kier molecular flexibility index (Phi) is 5.48. The molecule has 1 heterocycles. The highest BCUT2D eigenvalue weighted by molar-refractivity contribution is 8.00. The molecule has 1 aromatic rings. The summed E-state index contributed by atoms with van der Waals surface area (Å²) in [5.74, 6) is 1.08. The first-order valence-corrected chi connectivity index (χ1v) is 9.55. The molecule has 0 aromatic heterocycles. The highest BCUT2D eigenvalue weighted by atomic mass is 35.5. The van der Waals surface area contributed by atoms with E-state index in [-0.39, 0.29) is 15.6 Å². The number of sulfonamides is 1. The normalized spacial score (nSPS) is 20.0. The molecule has 1 fully saturated rings. The van der Waals surface area contributed by atoms with Gasteiger partial charge in [0.2, 0.25) is 10.0 Å². The summed E-state index contributed by atoms with van der Waals surface area (Å²) in [5, 5.41) is 0.666. The summed E-state index contributed by atoms with van der Waals surface area (Å²) in [5.41, 5.74) is 5.79. The van der Waals surface area contributed by atoms with Gasteiger partial charge in [0, 0.05) is 16.8 Å². The highest BCUT2D eigenvalue weighted by Crippen LogP contribution is 2.31. The van der Waals surface area contributed by atoms with Crippen molar-refractivity contribution in [2.24, 2.45) is 0 Å². The van der Waals surface area contributed by atoms with Gasteiger partial charge in [-0.2, -0.15) is 11.8 Å². The van der Waals surface area contributed by atoms with E-state index in [1.807, 2.05) is 0 Å². The van der Waals surface area contributed by atoms with Crippen LogP contribution in [0.5, 0.6) is 0 Å². The lowest BCUT2D eigenvalue weighted by molar-refractivity contribution is 0.574. The van der Waals surface area contributed by atoms with Crippen molar-refractivity contribution in [2.75, 3.05) is 18.0 Å². The minimum absolute atomic E-state index is 0.0406. The maximum Gasteiger partial charge on any atom is 0.244 e. The van der Waals surface area contributed by atoms with Crippen LogP contribution in [0.2, 0.25) is 10.0 Å². The molecule has 0 saturated carbocycles. The highest BCUT2D eigenvalue weighted by Gasteiger charge is 2.24. The summed E-state index contributed by atoms with van der Waals surface area (Å²) in [6.45, 7) is 0.394. The summed E-state index contributed by atoms with van der Waals surface area (Å²) < 4.78 is 27.2. The van der Waals surface area contributed by atoms with Crippen LogP contribution in [0.25, 0.3) is 0 Å². The average molecular weight is 355 g/mol. The maximum atomic E-state index is 12.3. The topological polar surface area (TPSA) is 72.2 Å². The van der Waals surface area contributed by atoms with E-state index in [9.17, 15) is 8.42 Å². The van der Waals surface area contributed by atoms with Crippen molar-refractivity contribution in [3.63, 3.8) is 0 Å². The number of rotatable bonds is 4. The largest absolute Gasteiger partial charge is 0.398 e. The number of anilines is 1. The van der Waals surface area contributed by atoms with E-state index in [1.54, 1.807) is 11.8 Å². The first-order valence-electron chi connectivity index (χ1n) is 6.26. The fourth-order valence-corrected chi connectivity index (χ4v) is 5.51. The van der Waals surface area contributed by atoms with Crippen LogP contribution in [-0.2, 0) is 10.0 Å². The van der Waals surface area contributed by atoms with Crippen LogP contribution in [0.4, 0.5) is 5.69 Å². The Morgan fingerprint density at radius 1 is 1.35 bits per heavy atom. The fraction of sp³-hybridized carbons (Fsp3) is 0.500. The Morgan fingerprint density at radius 2 is 2.10 bits per heavy atom. The first kappa shape index (κ1) is 16.2. The number of nitrogens with one attached hydrogen (secondary N) is 1. The third-order valence-electron chi connectivity index (χ3n) is 3.08. The average Bonchev–Trinajstić information content (AvgIpc) is 2.36. The van der Waals surface area contributed by atoms with E-state index < -0.39 is 10.0 Å². The van der Waals surface area contributed by atoms with E-state index in [0.717, 1.165) is 18.6 Å².